The van der Waals surface area contributed by atoms with E-state index in [0.717, 1.165) is 11.3 Å². The lowest BCUT2D eigenvalue weighted by atomic mass is 10.00. The van der Waals surface area contributed by atoms with E-state index >= 15 is 0 Å². The van der Waals surface area contributed by atoms with Gasteiger partial charge in [0.05, 0.1) is 10.6 Å². The Labute approximate surface area is 99.4 Å². The van der Waals surface area contributed by atoms with Gasteiger partial charge in [0, 0.05) is 5.56 Å². The van der Waals surface area contributed by atoms with Gasteiger partial charge in [-0.3, -0.25) is 0 Å². The summed E-state index contributed by atoms with van der Waals surface area (Å²) < 4.78 is 0. The van der Waals surface area contributed by atoms with E-state index in [0.29, 0.717) is 11.7 Å². The van der Waals surface area contributed by atoms with Gasteiger partial charge in [0.2, 0.25) is 0 Å². The first-order valence-corrected chi connectivity index (χ1v) is 6.14. The summed E-state index contributed by atoms with van der Waals surface area (Å²) in [5.74, 6) is 0.922. The highest BCUT2D eigenvalue weighted by Gasteiger charge is 2.16. The summed E-state index contributed by atoms with van der Waals surface area (Å²) in [6, 6.07) is 2.10. The Morgan fingerprint density at radius 2 is 2.06 bits per heavy atom. The third-order valence-corrected chi connectivity index (χ3v) is 3.59. The van der Waals surface area contributed by atoms with Crippen LogP contribution >= 0.6 is 11.3 Å². The average molecular weight is 233 g/mol. The highest BCUT2D eigenvalue weighted by Crippen LogP contribution is 2.35. The predicted octanol–water partition coefficient (Wildman–Crippen LogP) is 3.22. The Kier molecular flexibility index (Phi) is 2.92. The van der Waals surface area contributed by atoms with E-state index in [2.05, 4.69) is 42.2 Å². The van der Waals surface area contributed by atoms with Crippen LogP contribution < -0.4 is 5.73 Å². The summed E-state index contributed by atoms with van der Waals surface area (Å²) in [7, 11) is 0. The number of aryl methyl sites for hydroxylation is 1. The van der Waals surface area contributed by atoms with Crippen molar-refractivity contribution in [3.8, 4) is 10.6 Å². The molecule has 3 nitrogen and oxygen atoms in total. The van der Waals surface area contributed by atoms with Gasteiger partial charge in [0.1, 0.15) is 12.1 Å². The van der Waals surface area contributed by atoms with Crippen molar-refractivity contribution in [3.05, 3.63) is 28.9 Å². The third-order valence-electron chi connectivity index (χ3n) is 2.57. The van der Waals surface area contributed by atoms with Crippen LogP contribution in [0.1, 0.15) is 30.9 Å². The number of anilines is 1. The maximum atomic E-state index is 5.93. The average Bonchev–Trinajstić information content (AvgIpc) is 2.63. The molecule has 0 fully saturated rings. The van der Waals surface area contributed by atoms with E-state index in [9.17, 15) is 0 Å². The molecule has 0 aromatic carbocycles. The van der Waals surface area contributed by atoms with Gasteiger partial charge < -0.3 is 5.73 Å². The number of aromatic nitrogens is 2. The monoisotopic (exact) mass is 233 g/mol. The zero-order valence-corrected chi connectivity index (χ0v) is 10.5. The first-order valence-electron chi connectivity index (χ1n) is 5.26. The minimum absolute atomic E-state index is 0.331. The molecule has 0 radical (unpaired) electrons. The van der Waals surface area contributed by atoms with Crippen LogP contribution in [-0.4, -0.2) is 9.97 Å². The zero-order valence-electron chi connectivity index (χ0n) is 9.69. The molecule has 2 rings (SSSR count). The Morgan fingerprint density at radius 1 is 1.31 bits per heavy atom. The molecule has 0 aliphatic heterocycles. The van der Waals surface area contributed by atoms with E-state index in [-0.39, 0.29) is 0 Å². The topological polar surface area (TPSA) is 51.8 Å². The van der Waals surface area contributed by atoms with Gasteiger partial charge in [0.25, 0.3) is 0 Å². The van der Waals surface area contributed by atoms with Crippen molar-refractivity contribution in [2.75, 3.05) is 5.73 Å². The number of nitrogens with two attached hydrogens (primary N) is 1. The lowest BCUT2D eigenvalue weighted by Gasteiger charge is -2.12. The number of hydrogen-bond acceptors (Lipinski definition) is 4. The highest BCUT2D eigenvalue weighted by atomic mass is 32.1. The predicted molar refractivity (Wildman–Crippen MR) is 68.6 cm³/mol. The van der Waals surface area contributed by atoms with Gasteiger partial charge in [-0.05, 0) is 29.9 Å². The first kappa shape index (κ1) is 11.1. The van der Waals surface area contributed by atoms with E-state index in [1.54, 1.807) is 11.3 Å². The largest absolute Gasteiger partial charge is 0.383 e. The van der Waals surface area contributed by atoms with Crippen molar-refractivity contribution < 1.29 is 0 Å². The Hall–Kier alpha value is -1.42. The molecule has 0 unspecified atom stereocenters. The fourth-order valence-corrected chi connectivity index (χ4v) is 2.71. The van der Waals surface area contributed by atoms with E-state index in [1.165, 1.54) is 16.8 Å². The molecular weight excluding hydrogens is 218 g/mol. The third kappa shape index (κ3) is 1.80. The number of nitrogens with zero attached hydrogens (tertiary/aromatic N) is 2. The highest BCUT2D eigenvalue weighted by molar-refractivity contribution is 7.13. The van der Waals surface area contributed by atoms with Gasteiger partial charge in [-0.2, -0.15) is 0 Å². The second-order valence-electron chi connectivity index (χ2n) is 4.11. The summed E-state index contributed by atoms with van der Waals surface area (Å²) in [5.41, 5.74) is 9.20. The molecule has 2 aromatic rings. The van der Waals surface area contributed by atoms with E-state index in [1.807, 2.05) is 0 Å². The van der Waals surface area contributed by atoms with Crippen molar-refractivity contribution in [1.29, 1.82) is 0 Å². The molecule has 0 aliphatic carbocycles. The molecule has 0 saturated heterocycles. The van der Waals surface area contributed by atoms with E-state index in [4.69, 9.17) is 5.73 Å². The maximum absolute atomic E-state index is 5.93. The van der Waals surface area contributed by atoms with Gasteiger partial charge in [-0.1, -0.05) is 13.8 Å². The molecule has 0 saturated carbocycles. The molecule has 4 heteroatoms. The second kappa shape index (κ2) is 4.22. The minimum Gasteiger partial charge on any atom is -0.383 e. The SMILES string of the molecule is Cc1ccsc1-c1ncnc(N)c1C(C)C. The quantitative estimate of drug-likeness (QED) is 0.866. The summed E-state index contributed by atoms with van der Waals surface area (Å²) >= 11 is 1.70. The van der Waals surface area contributed by atoms with Crippen LogP contribution in [0.15, 0.2) is 17.8 Å². The Bertz CT molecular complexity index is 503. The molecule has 2 heterocycles. The molecule has 0 atom stereocenters. The molecule has 16 heavy (non-hydrogen) atoms. The summed E-state index contributed by atoms with van der Waals surface area (Å²) in [6.07, 6.45) is 1.54. The molecule has 84 valence electrons. The normalized spacial score (nSPS) is 11.0. The first-order chi connectivity index (χ1) is 7.61. The summed E-state index contributed by atoms with van der Waals surface area (Å²) in [6.45, 7) is 6.32. The van der Waals surface area contributed by atoms with Crippen molar-refractivity contribution in [1.82, 2.24) is 9.97 Å². The van der Waals surface area contributed by atoms with Gasteiger partial charge in [-0.15, -0.1) is 11.3 Å². The van der Waals surface area contributed by atoms with Gasteiger partial charge in [-0.25, -0.2) is 9.97 Å². The molecular formula is C12H15N3S. The molecule has 0 bridgehead atoms. The lowest BCUT2D eigenvalue weighted by Crippen LogP contribution is -2.03. The van der Waals surface area contributed by atoms with Gasteiger partial charge in [0.15, 0.2) is 0 Å². The van der Waals surface area contributed by atoms with Crippen LogP contribution in [0.3, 0.4) is 0 Å². The standard InChI is InChI=1S/C12H15N3S/c1-7(2)9-10(14-6-15-12(9)13)11-8(3)4-5-16-11/h4-7H,1-3H3,(H2,13,14,15). The number of nitrogen functional groups attached to an aromatic ring is 1. The molecule has 0 aliphatic rings. The van der Waals surface area contributed by atoms with Crippen molar-refractivity contribution in [2.45, 2.75) is 26.7 Å². The second-order valence-corrected chi connectivity index (χ2v) is 5.02. The van der Waals surface area contributed by atoms with Crippen LogP contribution in [0.4, 0.5) is 5.82 Å². The maximum Gasteiger partial charge on any atom is 0.130 e. The Morgan fingerprint density at radius 3 is 2.62 bits per heavy atom. The fourth-order valence-electron chi connectivity index (χ4n) is 1.77. The summed E-state index contributed by atoms with van der Waals surface area (Å²) in [4.78, 5) is 9.65. The molecule has 0 spiro atoms. The smallest absolute Gasteiger partial charge is 0.130 e. The van der Waals surface area contributed by atoms with Crippen molar-refractivity contribution in [2.24, 2.45) is 0 Å². The number of hydrogen-bond donors (Lipinski definition) is 1. The van der Waals surface area contributed by atoms with Crippen LogP contribution in [0, 0.1) is 6.92 Å². The lowest BCUT2D eigenvalue weighted by molar-refractivity contribution is 0.855. The Balaban J connectivity index is 2.66. The van der Waals surface area contributed by atoms with Crippen LogP contribution in [0.25, 0.3) is 10.6 Å². The molecule has 2 aromatic heterocycles. The summed E-state index contributed by atoms with van der Waals surface area (Å²) in [5, 5.41) is 2.08. The fraction of sp³-hybridized carbons (Fsp3) is 0.333. The number of rotatable bonds is 2. The minimum atomic E-state index is 0.331. The molecule has 0 amide bonds. The van der Waals surface area contributed by atoms with Gasteiger partial charge >= 0.3 is 0 Å². The van der Waals surface area contributed by atoms with Crippen LogP contribution in [0.5, 0.6) is 0 Å². The van der Waals surface area contributed by atoms with E-state index < -0.39 is 0 Å². The zero-order chi connectivity index (χ0) is 11.7. The van der Waals surface area contributed by atoms with Crippen molar-refractivity contribution in [3.63, 3.8) is 0 Å². The van der Waals surface area contributed by atoms with Crippen molar-refractivity contribution >= 4 is 17.2 Å². The molecule has 2 N–H and O–H groups in total. The van der Waals surface area contributed by atoms with Crippen LogP contribution in [0.2, 0.25) is 0 Å². The number of thiophene rings is 1. The van der Waals surface area contributed by atoms with Crippen LogP contribution in [-0.2, 0) is 0 Å².